The van der Waals surface area contributed by atoms with E-state index in [1.807, 2.05) is 54.6 Å². The molecule has 0 saturated carbocycles. The Labute approximate surface area is 143 Å². The number of nitrogens with one attached hydrogen (secondary N) is 2. The molecule has 24 heavy (non-hydrogen) atoms. The van der Waals surface area contributed by atoms with Gasteiger partial charge in [0, 0.05) is 12.1 Å². The highest BCUT2D eigenvalue weighted by Crippen LogP contribution is 2.19. The highest BCUT2D eigenvalue weighted by atomic mass is 16.5. The molecule has 0 spiro atoms. The molecule has 2 N–H and O–H groups in total. The summed E-state index contributed by atoms with van der Waals surface area (Å²) in [5.74, 6) is 0.894. The second kappa shape index (κ2) is 8.50. The van der Waals surface area contributed by atoms with Gasteiger partial charge in [0.25, 0.3) is 0 Å². The lowest BCUT2D eigenvalue weighted by Gasteiger charge is -2.22. The molecule has 0 unspecified atom stereocenters. The summed E-state index contributed by atoms with van der Waals surface area (Å²) >= 11 is 0. The van der Waals surface area contributed by atoms with Crippen LogP contribution in [-0.2, 0) is 17.9 Å². The lowest BCUT2D eigenvalue weighted by atomic mass is 10.0. The minimum Gasteiger partial charge on any atom is -0.489 e. The SMILES string of the molecule is O=C(NCc1ccccc1OCc1ccccc1)[C@H]1CCCCN1. The van der Waals surface area contributed by atoms with Gasteiger partial charge in [-0.15, -0.1) is 0 Å². The monoisotopic (exact) mass is 324 g/mol. The molecular formula is C20H24N2O2. The number of para-hydroxylation sites is 1. The number of amides is 1. The lowest BCUT2D eigenvalue weighted by Crippen LogP contribution is -2.46. The molecule has 1 saturated heterocycles. The predicted octanol–water partition coefficient (Wildman–Crippen LogP) is 3.02. The first-order valence-electron chi connectivity index (χ1n) is 8.58. The van der Waals surface area contributed by atoms with Crippen molar-refractivity contribution in [3.05, 3.63) is 65.7 Å². The lowest BCUT2D eigenvalue weighted by molar-refractivity contribution is -0.123. The number of ether oxygens (including phenoxy) is 1. The molecule has 4 heteroatoms. The van der Waals surface area contributed by atoms with Gasteiger partial charge in [0.1, 0.15) is 12.4 Å². The fourth-order valence-corrected chi connectivity index (χ4v) is 2.91. The van der Waals surface area contributed by atoms with E-state index in [4.69, 9.17) is 4.74 Å². The van der Waals surface area contributed by atoms with Gasteiger partial charge in [0.05, 0.1) is 6.04 Å². The molecule has 1 amide bonds. The first-order valence-corrected chi connectivity index (χ1v) is 8.58. The van der Waals surface area contributed by atoms with E-state index in [1.165, 1.54) is 0 Å². The van der Waals surface area contributed by atoms with Gasteiger partial charge in [-0.05, 0) is 31.0 Å². The highest BCUT2D eigenvalue weighted by Gasteiger charge is 2.20. The molecule has 1 heterocycles. The van der Waals surface area contributed by atoms with Gasteiger partial charge < -0.3 is 15.4 Å². The smallest absolute Gasteiger partial charge is 0.237 e. The number of hydrogen-bond acceptors (Lipinski definition) is 3. The predicted molar refractivity (Wildman–Crippen MR) is 94.7 cm³/mol. The summed E-state index contributed by atoms with van der Waals surface area (Å²) in [5.41, 5.74) is 2.13. The minimum atomic E-state index is -0.0591. The van der Waals surface area contributed by atoms with E-state index in [0.717, 1.165) is 42.7 Å². The zero-order valence-corrected chi connectivity index (χ0v) is 13.8. The summed E-state index contributed by atoms with van der Waals surface area (Å²) in [4.78, 5) is 12.2. The van der Waals surface area contributed by atoms with Crippen LogP contribution in [0.2, 0.25) is 0 Å². The van der Waals surface area contributed by atoms with Crippen LogP contribution in [0.3, 0.4) is 0 Å². The van der Waals surface area contributed by atoms with Crippen molar-refractivity contribution < 1.29 is 9.53 Å². The molecule has 0 radical (unpaired) electrons. The van der Waals surface area contributed by atoms with Crippen LogP contribution in [0.1, 0.15) is 30.4 Å². The second-order valence-corrected chi connectivity index (χ2v) is 6.10. The second-order valence-electron chi connectivity index (χ2n) is 6.10. The summed E-state index contributed by atoms with van der Waals surface area (Å²) in [6.07, 6.45) is 3.18. The molecule has 0 aromatic heterocycles. The van der Waals surface area contributed by atoms with Crippen molar-refractivity contribution >= 4 is 5.91 Å². The molecule has 0 bridgehead atoms. The van der Waals surface area contributed by atoms with Crippen LogP contribution in [0.15, 0.2) is 54.6 Å². The Kier molecular flexibility index (Phi) is 5.85. The van der Waals surface area contributed by atoms with E-state index < -0.39 is 0 Å². The van der Waals surface area contributed by atoms with Crippen molar-refractivity contribution in [2.75, 3.05) is 6.54 Å². The number of carbonyl (C=O) groups is 1. The first kappa shape index (κ1) is 16.5. The van der Waals surface area contributed by atoms with Crippen LogP contribution in [-0.4, -0.2) is 18.5 Å². The third-order valence-corrected chi connectivity index (χ3v) is 4.29. The van der Waals surface area contributed by atoms with Gasteiger partial charge in [-0.3, -0.25) is 4.79 Å². The summed E-state index contributed by atoms with van der Waals surface area (Å²) in [5, 5.41) is 6.30. The molecule has 1 aliphatic heterocycles. The number of rotatable bonds is 6. The van der Waals surface area contributed by atoms with Crippen LogP contribution < -0.4 is 15.4 Å². The maximum atomic E-state index is 12.2. The van der Waals surface area contributed by atoms with Crippen LogP contribution in [0.5, 0.6) is 5.75 Å². The Morgan fingerprint density at radius 3 is 2.67 bits per heavy atom. The van der Waals surface area contributed by atoms with Crippen molar-refractivity contribution in [1.29, 1.82) is 0 Å². The molecule has 2 aromatic carbocycles. The van der Waals surface area contributed by atoms with Crippen molar-refractivity contribution in [2.45, 2.75) is 38.5 Å². The molecule has 2 aromatic rings. The molecule has 3 rings (SSSR count). The van der Waals surface area contributed by atoms with Gasteiger partial charge in [0.15, 0.2) is 0 Å². The summed E-state index contributed by atoms with van der Waals surface area (Å²) < 4.78 is 5.93. The maximum Gasteiger partial charge on any atom is 0.237 e. The van der Waals surface area contributed by atoms with E-state index in [2.05, 4.69) is 10.6 Å². The van der Waals surface area contributed by atoms with Crippen molar-refractivity contribution in [2.24, 2.45) is 0 Å². The highest BCUT2D eigenvalue weighted by molar-refractivity contribution is 5.81. The van der Waals surface area contributed by atoms with Gasteiger partial charge in [-0.25, -0.2) is 0 Å². The topological polar surface area (TPSA) is 50.4 Å². The van der Waals surface area contributed by atoms with Crippen LogP contribution in [0.4, 0.5) is 0 Å². The minimum absolute atomic E-state index is 0.0591. The maximum absolute atomic E-state index is 12.2. The van der Waals surface area contributed by atoms with Crippen molar-refractivity contribution in [3.8, 4) is 5.75 Å². The third kappa shape index (κ3) is 4.59. The quantitative estimate of drug-likeness (QED) is 0.859. The van der Waals surface area contributed by atoms with E-state index in [0.29, 0.717) is 13.2 Å². The zero-order chi connectivity index (χ0) is 16.6. The number of piperidine rings is 1. The van der Waals surface area contributed by atoms with Crippen molar-refractivity contribution in [1.82, 2.24) is 10.6 Å². The Hall–Kier alpha value is -2.33. The average Bonchev–Trinajstić information content (AvgIpc) is 2.66. The van der Waals surface area contributed by atoms with E-state index in [1.54, 1.807) is 0 Å². The van der Waals surface area contributed by atoms with Crippen LogP contribution in [0, 0.1) is 0 Å². The molecule has 0 aliphatic carbocycles. The fourth-order valence-electron chi connectivity index (χ4n) is 2.91. The molecule has 1 atom stereocenters. The number of carbonyl (C=O) groups excluding carboxylic acids is 1. The zero-order valence-electron chi connectivity index (χ0n) is 13.8. The Balaban J connectivity index is 1.56. The molecular weight excluding hydrogens is 300 g/mol. The van der Waals surface area contributed by atoms with Crippen LogP contribution >= 0.6 is 0 Å². The fraction of sp³-hybridized carbons (Fsp3) is 0.350. The number of benzene rings is 2. The Morgan fingerprint density at radius 2 is 1.88 bits per heavy atom. The largest absolute Gasteiger partial charge is 0.489 e. The van der Waals surface area contributed by atoms with E-state index in [9.17, 15) is 4.79 Å². The normalized spacial score (nSPS) is 17.2. The summed E-state index contributed by atoms with van der Waals surface area (Å²) in [7, 11) is 0. The molecule has 1 fully saturated rings. The first-order chi connectivity index (χ1) is 11.8. The summed E-state index contributed by atoms with van der Waals surface area (Å²) in [6.45, 7) is 1.94. The van der Waals surface area contributed by atoms with Gasteiger partial charge >= 0.3 is 0 Å². The van der Waals surface area contributed by atoms with Crippen molar-refractivity contribution in [3.63, 3.8) is 0 Å². The van der Waals surface area contributed by atoms with Crippen LogP contribution in [0.25, 0.3) is 0 Å². The number of hydrogen-bond donors (Lipinski definition) is 2. The standard InChI is InChI=1S/C20H24N2O2/c23-20(18-11-6-7-13-21-18)22-14-17-10-4-5-12-19(17)24-15-16-8-2-1-3-9-16/h1-5,8-10,12,18,21H,6-7,11,13-15H2,(H,22,23)/t18-/m1/s1. The average molecular weight is 324 g/mol. The molecule has 126 valence electrons. The molecule has 1 aliphatic rings. The summed E-state index contributed by atoms with van der Waals surface area (Å²) in [6, 6.07) is 17.9. The van der Waals surface area contributed by atoms with Gasteiger partial charge in [-0.1, -0.05) is 55.0 Å². The third-order valence-electron chi connectivity index (χ3n) is 4.29. The van der Waals surface area contributed by atoms with E-state index >= 15 is 0 Å². The Bertz CT molecular complexity index is 652. The van der Waals surface area contributed by atoms with Gasteiger partial charge in [0.2, 0.25) is 5.91 Å². The molecule has 4 nitrogen and oxygen atoms in total. The Morgan fingerprint density at radius 1 is 1.08 bits per heavy atom. The van der Waals surface area contributed by atoms with Gasteiger partial charge in [-0.2, -0.15) is 0 Å². The van der Waals surface area contributed by atoms with E-state index in [-0.39, 0.29) is 11.9 Å².